The van der Waals surface area contributed by atoms with Crippen molar-refractivity contribution in [3.05, 3.63) is 107 Å². The molecule has 4 nitrogen and oxygen atoms in total. The number of anilines is 1. The number of carbonyl (C=O) groups is 2. The van der Waals surface area contributed by atoms with Crippen molar-refractivity contribution in [3.8, 4) is 0 Å². The van der Waals surface area contributed by atoms with Crippen LogP contribution < -0.4 is 4.90 Å². The number of amides is 2. The summed E-state index contributed by atoms with van der Waals surface area (Å²) >= 11 is 0. The molecule has 2 aliphatic heterocycles. The molecule has 0 N–H and O–H groups in total. The van der Waals surface area contributed by atoms with Crippen LogP contribution in [0.1, 0.15) is 16.7 Å². The maximum atomic E-state index is 13.6. The van der Waals surface area contributed by atoms with E-state index in [9.17, 15) is 9.59 Å². The minimum Gasteiger partial charge on any atom is -0.355 e. The van der Waals surface area contributed by atoms with Crippen LogP contribution in [0.5, 0.6) is 0 Å². The second-order valence-electron chi connectivity index (χ2n) is 7.31. The second-order valence-corrected chi connectivity index (χ2v) is 7.31. The molecule has 3 aromatic carbocycles. The fraction of sp³-hybridized carbons (Fsp3) is 0.120. The van der Waals surface area contributed by atoms with Crippen LogP contribution in [-0.4, -0.2) is 17.4 Å². The maximum Gasteiger partial charge on any atom is 0.271 e. The molecule has 1 fully saturated rings. The molecule has 0 aromatic heterocycles. The summed E-state index contributed by atoms with van der Waals surface area (Å²) in [5.74, 6) is -0.658. The minimum absolute atomic E-state index is 0.296. The van der Waals surface area contributed by atoms with Crippen LogP contribution >= 0.6 is 0 Å². The van der Waals surface area contributed by atoms with Crippen molar-refractivity contribution < 1.29 is 14.3 Å². The standard InChI is InChI=1S/C25H19NO3/c27-23-22(15-18-9-3-1-4-10-18)25(16-19-11-7-8-12-20(19)17-29-25)24(28)26(23)21-13-5-2-6-14-21/h1-15H,16-17H2/b22-15-. The third-order valence-electron chi connectivity index (χ3n) is 5.57. The van der Waals surface area contributed by atoms with Crippen LogP contribution in [0.15, 0.2) is 90.5 Å². The normalized spacial score (nSPS) is 22.3. The maximum absolute atomic E-state index is 13.6. The fourth-order valence-corrected chi connectivity index (χ4v) is 4.09. The largest absolute Gasteiger partial charge is 0.355 e. The van der Waals surface area contributed by atoms with E-state index in [1.54, 1.807) is 18.2 Å². The zero-order valence-corrected chi connectivity index (χ0v) is 15.7. The van der Waals surface area contributed by atoms with Gasteiger partial charge >= 0.3 is 0 Å². The van der Waals surface area contributed by atoms with Gasteiger partial charge in [0, 0.05) is 6.42 Å². The fourth-order valence-electron chi connectivity index (χ4n) is 4.09. The van der Waals surface area contributed by atoms with Crippen molar-refractivity contribution in [3.63, 3.8) is 0 Å². The molecule has 1 atom stereocenters. The predicted molar refractivity (Wildman–Crippen MR) is 111 cm³/mol. The topological polar surface area (TPSA) is 46.6 Å². The van der Waals surface area contributed by atoms with Gasteiger partial charge in [0.25, 0.3) is 11.8 Å². The van der Waals surface area contributed by atoms with Gasteiger partial charge in [-0.3, -0.25) is 9.59 Å². The van der Waals surface area contributed by atoms with Gasteiger partial charge in [-0.05, 0) is 34.9 Å². The lowest BCUT2D eigenvalue weighted by Crippen LogP contribution is -2.47. The average molecular weight is 381 g/mol. The molecular formula is C25H19NO3. The Morgan fingerprint density at radius 1 is 0.793 bits per heavy atom. The Bertz CT molecular complexity index is 1120. The van der Waals surface area contributed by atoms with E-state index in [0.717, 1.165) is 16.7 Å². The monoisotopic (exact) mass is 381 g/mol. The third kappa shape index (κ3) is 2.80. The van der Waals surface area contributed by atoms with E-state index in [1.165, 1.54) is 4.90 Å². The first-order valence-electron chi connectivity index (χ1n) is 9.61. The molecule has 29 heavy (non-hydrogen) atoms. The molecule has 2 heterocycles. The van der Waals surface area contributed by atoms with Crippen LogP contribution in [0.25, 0.3) is 6.08 Å². The smallest absolute Gasteiger partial charge is 0.271 e. The summed E-state index contributed by atoms with van der Waals surface area (Å²) < 4.78 is 6.19. The van der Waals surface area contributed by atoms with E-state index >= 15 is 0 Å². The van der Waals surface area contributed by atoms with Gasteiger partial charge in [-0.25, -0.2) is 4.90 Å². The molecule has 1 spiro atoms. The van der Waals surface area contributed by atoms with E-state index in [2.05, 4.69) is 0 Å². The number of imide groups is 1. The van der Waals surface area contributed by atoms with Gasteiger partial charge in [0.2, 0.25) is 0 Å². The van der Waals surface area contributed by atoms with Crippen LogP contribution in [0.2, 0.25) is 0 Å². The van der Waals surface area contributed by atoms with Gasteiger partial charge in [-0.15, -0.1) is 0 Å². The molecule has 0 aliphatic carbocycles. The number of hydrogen-bond acceptors (Lipinski definition) is 3. The summed E-state index contributed by atoms with van der Waals surface area (Å²) in [6.45, 7) is 0.296. The average Bonchev–Trinajstić information content (AvgIpc) is 2.96. The van der Waals surface area contributed by atoms with Gasteiger partial charge in [0.05, 0.1) is 17.9 Å². The molecule has 3 aromatic rings. The highest BCUT2D eigenvalue weighted by Gasteiger charge is 2.58. The molecule has 1 saturated heterocycles. The predicted octanol–water partition coefficient (Wildman–Crippen LogP) is 4.16. The van der Waals surface area contributed by atoms with E-state index in [4.69, 9.17) is 4.74 Å². The van der Waals surface area contributed by atoms with E-state index in [0.29, 0.717) is 24.3 Å². The highest BCUT2D eigenvalue weighted by molar-refractivity contribution is 6.34. The Morgan fingerprint density at radius 3 is 2.14 bits per heavy atom. The Hall–Kier alpha value is -3.50. The van der Waals surface area contributed by atoms with Crippen molar-refractivity contribution in [1.29, 1.82) is 0 Å². The molecule has 5 rings (SSSR count). The first-order chi connectivity index (χ1) is 14.2. The van der Waals surface area contributed by atoms with Gasteiger partial charge < -0.3 is 4.74 Å². The molecular weight excluding hydrogens is 362 g/mol. The lowest BCUT2D eigenvalue weighted by molar-refractivity contribution is -0.138. The van der Waals surface area contributed by atoms with E-state index in [-0.39, 0.29) is 11.8 Å². The molecule has 2 amide bonds. The zero-order valence-electron chi connectivity index (χ0n) is 15.7. The summed E-state index contributed by atoms with van der Waals surface area (Å²) in [4.78, 5) is 28.4. The Labute approximate surface area is 169 Å². The molecule has 1 unspecified atom stereocenters. The van der Waals surface area contributed by atoms with Crippen LogP contribution in [0.3, 0.4) is 0 Å². The number of rotatable bonds is 2. The number of ether oxygens (including phenoxy) is 1. The van der Waals surface area contributed by atoms with Crippen LogP contribution in [-0.2, 0) is 27.4 Å². The summed E-state index contributed by atoms with van der Waals surface area (Å²) in [5, 5.41) is 0. The van der Waals surface area contributed by atoms with Gasteiger partial charge in [-0.2, -0.15) is 0 Å². The van der Waals surface area contributed by atoms with Crippen molar-refractivity contribution in [2.75, 3.05) is 4.90 Å². The third-order valence-corrected chi connectivity index (χ3v) is 5.57. The number of para-hydroxylation sites is 1. The van der Waals surface area contributed by atoms with Crippen molar-refractivity contribution >= 4 is 23.6 Å². The summed E-state index contributed by atoms with van der Waals surface area (Å²) in [7, 11) is 0. The molecule has 4 heteroatoms. The first kappa shape index (κ1) is 17.6. The van der Waals surface area contributed by atoms with E-state index in [1.807, 2.05) is 72.8 Å². The minimum atomic E-state index is -1.31. The van der Waals surface area contributed by atoms with Crippen LogP contribution in [0.4, 0.5) is 5.69 Å². The number of hydrogen-bond donors (Lipinski definition) is 0. The van der Waals surface area contributed by atoms with Gasteiger partial charge in [0.15, 0.2) is 5.60 Å². The molecule has 0 radical (unpaired) electrons. The lowest BCUT2D eigenvalue weighted by atomic mass is 9.83. The van der Waals surface area contributed by atoms with Crippen LogP contribution in [0, 0.1) is 0 Å². The van der Waals surface area contributed by atoms with E-state index < -0.39 is 5.60 Å². The van der Waals surface area contributed by atoms with Gasteiger partial charge in [-0.1, -0.05) is 72.8 Å². The number of fused-ring (bicyclic) bond motifs is 1. The summed E-state index contributed by atoms with van der Waals surface area (Å²) in [6.07, 6.45) is 2.13. The number of carbonyl (C=O) groups excluding carboxylic acids is 2. The molecule has 0 bridgehead atoms. The second kappa shape index (κ2) is 6.83. The Balaban J connectivity index is 1.67. The van der Waals surface area contributed by atoms with Crippen molar-refractivity contribution in [2.24, 2.45) is 0 Å². The van der Waals surface area contributed by atoms with Crippen molar-refractivity contribution in [2.45, 2.75) is 18.6 Å². The van der Waals surface area contributed by atoms with Gasteiger partial charge in [0.1, 0.15) is 0 Å². The Kier molecular flexibility index (Phi) is 4.14. The molecule has 0 saturated carbocycles. The first-order valence-corrected chi connectivity index (χ1v) is 9.61. The summed E-state index contributed by atoms with van der Waals surface area (Å²) in [6, 6.07) is 26.5. The highest BCUT2D eigenvalue weighted by Crippen LogP contribution is 2.43. The lowest BCUT2D eigenvalue weighted by Gasteiger charge is -2.33. The molecule has 2 aliphatic rings. The summed E-state index contributed by atoms with van der Waals surface area (Å²) in [5.41, 5.74) is 2.58. The highest BCUT2D eigenvalue weighted by atomic mass is 16.5. The SMILES string of the molecule is O=C1/C(=C/c2ccccc2)C2(Cc3ccccc3CO2)C(=O)N1c1ccccc1. The zero-order chi connectivity index (χ0) is 19.8. The number of benzene rings is 3. The Morgan fingerprint density at radius 2 is 1.41 bits per heavy atom. The van der Waals surface area contributed by atoms with Crippen molar-refractivity contribution in [1.82, 2.24) is 0 Å². The number of nitrogens with zero attached hydrogens (tertiary/aromatic N) is 1. The molecule has 142 valence electrons. The quantitative estimate of drug-likeness (QED) is 0.495.